The van der Waals surface area contributed by atoms with E-state index in [1.807, 2.05) is 5.32 Å². The molecule has 0 atom stereocenters. The maximum atomic E-state index is 12.5. The molecule has 20 heavy (non-hydrogen) atoms. The lowest BCUT2D eigenvalue weighted by Gasteiger charge is -2.24. The van der Waals surface area contributed by atoms with E-state index in [4.69, 9.17) is 5.73 Å². The lowest BCUT2D eigenvalue weighted by atomic mass is 10.4. The molecular weight excluding hydrogens is 306 g/mol. The van der Waals surface area contributed by atoms with Crippen molar-refractivity contribution in [3.8, 4) is 0 Å². The van der Waals surface area contributed by atoms with E-state index in [0.29, 0.717) is 4.96 Å². The fourth-order valence-corrected chi connectivity index (χ4v) is 4.24. The van der Waals surface area contributed by atoms with E-state index in [0.717, 1.165) is 4.31 Å². The summed E-state index contributed by atoms with van der Waals surface area (Å²) in [6.07, 6.45) is 1.52. The standard InChI is InChI=1S/C9H9N5O4S2/c10-7-8(14-1-2-19-9(14)12-7)20(17,18)13-3-5(15)11-6(16)4-13/h1-2H,3-4,10H2,(H,11,15,16). The summed E-state index contributed by atoms with van der Waals surface area (Å²) in [5, 5.41) is 3.47. The SMILES string of the molecule is Nc1nc2sccn2c1S(=O)(=O)N1CC(=O)NC(=O)C1. The summed E-state index contributed by atoms with van der Waals surface area (Å²) in [5.74, 6) is -1.50. The fraction of sp³-hybridized carbons (Fsp3) is 0.222. The molecule has 0 saturated carbocycles. The van der Waals surface area contributed by atoms with Crippen LogP contribution in [0.3, 0.4) is 0 Å². The molecule has 1 aliphatic rings. The average Bonchev–Trinajstić information content (AvgIpc) is 2.86. The number of imidazole rings is 1. The number of carbonyl (C=O) groups is 2. The van der Waals surface area contributed by atoms with Crippen molar-refractivity contribution in [3.63, 3.8) is 0 Å². The summed E-state index contributed by atoms with van der Waals surface area (Å²) in [6, 6.07) is 0. The second kappa shape index (κ2) is 4.26. The maximum Gasteiger partial charge on any atom is 0.263 e. The monoisotopic (exact) mass is 315 g/mol. The molecule has 11 heteroatoms. The van der Waals surface area contributed by atoms with Crippen molar-refractivity contribution in [2.24, 2.45) is 0 Å². The predicted octanol–water partition coefficient (Wildman–Crippen LogP) is -1.37. The molecule has 3 N–H and O–H groups in total. The van der Waals surface area contributed by atoms with Gasteiger partial charge in [0.05, 0.1) is 13.1 Å². The highest BCUT2D eigenvalue weighted by Gasteiger charge is 2.36. The van der Waals surface area contributed by atoms with Gasteiger partial charge in [-0.05, 0) is 0 Å². The Morgan fingerprint density at radius 2 is 1.95 bits per heavy atom. The van der Waals surface area contributed by atoms with Crippen molar-refractivity contribution in [3.05, 3.63) is 11.6 Å². The third kappa shape index (κ3) is 1.87. The van der Waals surface area contributed by atoms with Gasteiger partial charge in [0, 0.05) is 11.6 Å². The summed E-state index contributed by atoms with van der Waals surface area (Å²) in [5.41, 5.74) is 5.64. The zero-order chi connectivity index (χ0) is 14.5. The third-order valence-electron chi connectivity index (χ3n) is 2.75. The molecule has 9 nitrogen and oxygen atoms in total. The fourth-order valence-electron chi connectivity index (χ4n) is 1.94. The van der Waals surface area contributed by atoms with E-state index >= 15 is 0 Å². The molecular formula is C9H9N5O4S2. The summed E-state index contributed by atoms with van der Waals surface area (Å²) < 4.78 is 27.2. The molecule has 1 saturated heterocycles. The predicted molar refractivity (Wildman–Crippen MR) is 69.4 cm³/mol. The minimum absolute atomic E-state index is 0.157. The van der Waals surface area contributed by atoms with Crippen LogP contribution in [-0.4, -0.2) is 47.0 Å². The molecule has 0 aromatic carbocycles. The molecule has 3 rings (SSSR count). The number of nitrogen functional groups attached to an aromatic ring is 1. The molecule has 2 amide bonds. The topological polar surface area (TPSA) is 127 Å². The van der Waals surface area contributed by atoms with E-state index in [-0.39, 0.29) is 10.8 Å². The second-order valence-corrected chi connectivity index (χ2v) is 6.83. The summed E-state index contributed by atoms with van der Waals surface area (Å²) in [7, 11) is -4.08. The molecule has 0 radical (unpaired) electrons. The minimum Gasteiger partial charge on any atom is -0.381 e. The zero-order valence-electron chi connectivity index (χ0n) is 9.94. The van der Waals surface area contributed by atoms with E-state index < -0.39 is 34.9 Å². The number of anilines is 1. The number of carbonyl (C=O) groups excluding carboxylic acids is 2. The van der Waals surface area contributed by atoms with Crippen LogP contribution in [0, 0.1) is 0 Å². The van der Waals surface area contributed by atoms with Gasteiger partial charge in [0.25, 0.3) is 10.0 Å². The molecule has 2 aromatic heterocycles. The van der Waals surface area contributed by atoms with Crippen LogP contribution in [0.1, 0.15) is 0 Å². The van der Waals surface area contributed by atoms with Gasteiger partial charge in [0.2, 0.25) is 11.8 Å². The summed E-state index contributed by atoms with van der Waals surface area (Å²) in [6.45, 7) is -0.851. The number of aromatic nitrogens is 2. The van der Waals surface area contributed by atoms with Crippen LogP contribution in [0.5, 0.6) is 0 Å². The largest absolute Gasteiger partial charge is 0.381 e. The Morgan fingerprint density at radius 1 is 1.30 bits per heavy atom. The quantitative estimate of drug-likeness (QED) is 0.658. The van der Waals surface area contributed by atoms with Crippen LogP contribution in [-0.2, 0) is 19.6 Å². The molecule has 0 spiro atoms. The lowest BCUT2D eigenvalue weighted by molar-refractivity contribution is -0.134. The first-order valence-electron chi connectivity index (χ1n) is 5.43. The number of thiazole rings is 1. The highest BCUT2D eigenvalue weighted by molar-refractivity contribution is 7.89. The first kappa shape index (κ1) is 13.0. The number of hydrogen-bond donors (Lipinski definition) is 2. The number of piperazine rings is 1. The molecule has 2 aromatic rings. The van der Waals surface area contributed by atoms with Gasteiger partial charge in [-0.1, -0.05) is 0 Å². The van der Waals surface area contributed by atoms with Gasteiger partial charge >= 0.3 is 0 Å². The second-order valence-electron chi connectivity index (χ2n) is 4.10. The van der Waals surface area contributed by atoms with E-state index in [1.54, 1.807) is 5.38 Å². The number of rotatable bonds is 2. The number of fused-ring (bicyclic) bond motifs is 1. The highest BCUT2D eigenvalue weighted by Crippen LogP contribution is 2.26. The van der Waals surface area contributed by atoms with Gasteiger partial charge in [-0.3, -0.25) is 19.3 Å². The number of nitrogens with two attached hydrogens (primary N) is 1. The first-order chi connectivity index (χ1) is 9.39. The number of hydrogen-bond acceptors (Lipinski definition) is 7. The van der Waals surface area contributed by atoms with Crippen LogP contribution in [0.15, 0.2) is 16.6 Å². The van der Waals surface area contributed by atoms with Crippen LogP contribution in [0.2, 0.25) is 0 Å². The first-order valence-corrected chi connectivity index (χ1v) is 7.75. The lowest BCUT2D eigenvalue weighted by Crippen LogP contribution is -2.53. The Morgan fingerprint density at radius 3 is 2.60 bits per heavy atom. The number of imide groups is 1. The Balaban J connectivity index is 2.12. The molecule has 0 bridgehead atoms. The Bertz CT molecular complexity index is 805. The van der Waals surface area contributed by atoms with Crippen molar-refractivity contribution >= 4 is 44.0 Å². The van der Waals surface area contributed by atoms with E-state index in [1.165, 1.54) is 21.9 Å². The summed E-state index contributed by atoms with van der Waals surface area (Å²) in [4.78, 5) is 27.0. The van der Waals surface area contributed by atoms with E-state index in [9.17, 15) is 18.0 Å². The van der Waals surface area contributed by atoms with Gasteiger partial charge in [-0.15, -0.1) is 11.3 Å². The maximum absolute atomic E-state index is 12.5. The van der Waals surface area contributed by atoms with Gasteiger partial charge in [0.15, 0.2) is 15.8 Å². The Labute approximate surface area is 117 Å². The van der Waals surface area contributed by atoms with Crippen LogP contribution in [0.25, 0.3) is 4.96 Å². The molecule has 0 aliphatic carbocycles. The Hall–Kier alpha value is -1.98. The van der Waals surface area contributed by atoms with Crippen molar-refractivity contribution < 1.29 is 18.0 Å². The van der Waals surface area contributed by atoms with Gasteiger partial charge in [0.1, 0.15) is 0 Å². The van der Waals surface area contributed by atoms with Gasteiger partial charge in [-0.25, -0.2) is 13.4 Å². The normalized spacial score (nSPS) is 17.6. The van der Waals surface area contributed by atoms with Crippen molar-refractivity contribution in [2.45, 2.75) is 5.03 Å². The Kier molecular flexibility index (Phi) is 2.77. The number of sulfonamides is 1. The van der Waals surface area contributed by atoms with Crippen molar-refractivity contribution in [1.29, 1.82) is 0 Å². The zero-order valence-corrected chi connectivity index (χ0v) is 11.6. The van der Waals surface area contributed by atoms with E-state index in [2.05, 4.69) is 4.98 Å². The molecule has 1 fully saturated rings. The molecule has 0 unspecified atom stereocenters. The molecule has 106 valence electrons. The number of amides is 2. The van der Waals surface area contributed by atoms with Crippen LogP contribution < -0.4 is 11.1 Å². The molecule has 1 aliphatic heterocycles. The van der Waals surface area contributed by atoms with Crippen molar-refractivity contribution in [1.82, 2.24) is 19.0 Å². The van der Waals surface area contributed by atoms with Gasteiger partial charge < -0.3 is 5.73 Å². The summed E-state index contributed by atoms with van der Waals surface area (Å²) >= 11 is 1.23. The smallest absolute Gasteiger partial charge is 0.263 e. The van der Waals surface area contributed by atoms with Gasteiger partial charge in [-0.2, -0.15) is 4.31 Å². The van der Waals surface area contributed by atoms with Crippen LogP contribution >= 0.6 is 11.3 Å². The average molecular weight is 315 g/mol. The van der Waals surface area contributed by atoms with Crippen LogP contribution in [0.4, 0.5) is 5.82 Å². The number of nitrogens with zero attached hydrogens (tertiary/aromatic N) is 3. The molecule has 3 heterocycles. The minimum atomic E-state index is -4.08. The van der Waals surface area contributed by atoms with Crippen molar-refractivity contribution in [2.75, 3.05) is 18.8 Å². The highest BCUT2D eigenvalue weighted by atomic mass is 32.2. The number of nitrogens with one attached hydrogen (secondary N) is 1. The third-order valence-corrected chi connectivity index (χ3v) is 5.34.